The summed E-state index contributed by atoms with van der Waals surface area (Å²) in [4.78, 5) is 11.7. The Hall–Kier alpha value is -2.17. The summed E-state index contributed by atoms with van der Waals surface area (Å²) in [5, 5.41) is 7.54. The van der Waals surface area contributed by atoms with Gasteiger partial charge in [0.2, 0.25) is 5.89 Å². The number of carbonyl (C=O) groups is 1. The van der Waals surface area contributed by atoms with Gasteiger partial charge in [-0.05, 0) is 12.1 Å². The fraction of sp³-hybridized carbons (Fsp3) is 0.308. The highest BCUT2D eigenvalue weighted by atomic mass is 16.5. The first-order chi connectivity index (χ1) is 8.70. The molecule has 0 saturated heterocycles. The minimum atomic E-state index is 0.0484. The van der Waals surface area contributed by atoms with E-state index in [1.54, 1.807) is 19.1 Å². The standard InChI is InChI=1S/C13H14N2O3/c1-3-11(16)10-6-4-5-7-12(10)17-8-13-15-14-9(2)18-13/h4-7H,3,8H2,1-2H3. The number of carbonyl (C=O) groups excluding carboxylic acids is 1. The van der Waals surface area contributed by atoms with Crippen molar-refractivity contribution in [2.75, 3.05) is 0 Å². The Bertz CT molecular complexity index is 549. The van der Waals surface area contributed by atoms with Crippen LogP contribution in [-0.4, -0.2) is 16.0 Å². The van der Waals surface area contributed by atoms with Gasteiger partial charge in [0.1, 0.15) is 5.75 Å². The molecule has 0 atom stereocenters. The molecule has 0 radical (unpaired) electrons. The monoisotopic (exact) mass is 246 g/mol. The number of aromatic nitrogens is 2. The Kier molecular flexibility index (Phi) is 3.72. The Morgan fingerprint density at radius 2 is 2.11 bits per heavy atom. The number of hydrogen-bond donors (Lipinski definition) is 0. The summed E-state index contributed by atoms with van der Waals surface area (Å²) in [7, 11) is 0. The van der Waals surface area contributed by atoms with E-state index >= 15 is 0 Å². The number of para-hydroxylation sites is 1. The van der Waals surface area contributed by atoms with Gasteiger partial charge in [0.25, 0.3) is 5.89 Å². The zero-order valence-electron chi connectivity index (χ0n) is 10.3. The Balaban J connectivity index is 2.11. The second kappa shape index (κ2) is 5.44. The van der Waals surface area contributed by atoms with E-state index in [2.05, 4.69) is 10.2 Å². The lowest BCUT2D eigenvalue weighted by atomic mass is 10.1. The third-order valence-electron chi connectivity index (χ3n) is 2.43. The van der Waals surface area contributed by atoms with E-state index in [9.17, 15) is 4.79 Å². The molecular formula is C13H14N2O3. The first-order valence-corrected chi connectivity index (χ1v) is 5.74. The molecule has 5 nitrogen and oxygen atoms in total. The third-order valence-corrected chi connectivity index (χ3v) is 2.43. The minimum Gasteiger partial charge on any atom is -0.483 e. The van der Waals surface area contributed by atoms with Gasteiger partial charge in [-0.25, -0.2) is 0 Å². The quantitative estimate of drug-likeness (QED) is 0.758. The number of benzene rings is 1. The van der Waals surface area contributed by atoms with E-state index in [1.807, 2.05) is 19.1 Å². The molecule has 0 N–H and O–H groups in total. The van der Waals surface area contributed by atoms with E-state index in [1.165, 1.54) is 0 Å². The van der Waals surface area contributed by atoms with Crippen molar-refractivity contribution >= 4 is 5.78 Å². The Morgan fingerprint density at radius 3 is 2.78 bits per heavy atom. The van der Waals surface area contributed by atoms with Gasteiger partial charge in [-0.2, -0.15) is 0 Å². The third kappa shape index (κ3) is 2.74. The smallest absolute Gasteiger partial charge is 0.253 e. The number of ketones is 1. The molecule has 0 aliphatic rings. The number of nitrogens with zero attached hydrogens (tertiary/aromatic N) is 2. The molecule has 1 aromatic carbocycles. The SMILES string of the molecule is CCC(=O)c1ccccc1OCc1nnc(C)o1. The van der Waals surface area contributed by atoms with Gasteiger partial charge in [-0.15, -0.1) is 10.2 Å². The summed E-state index contributed by atoms with van der Waals surface area (Å²) >= 11 is 0. The molecular weight excluding hydrogens is 232 g/mol. The molecule has 1 heterocycles. The van der Waals surface area contributed by atoms with Crippen LogP contribution in [0.2, 0.25) is 0 Å². The minimum absolute atomic E-state index is 0.0484. The lowest BCUT2D eigenvalue weighted by Gasteiger charge is -2.08. The van der Waals surface area contributed by atoms with E-state index in [-0.39, 0.29) is 12.4 Å². The molecule has 1 aromatic heterocycles. The van der Waals surface area contributed by atoms with Crippen molar-refractivity contribution in [1.82, 2.24) is 10.2 Å². The number of rotatable bonds is 5. The van der Waals surface area contributed by atoms with Gasteiger partial charge in [-0.1, -0.05) is 19.1 Å². The second-order valence-corrected chi connectivity index (χ2v) is 3.78. The zero-order valence-corrected chi connectivity index (χ0v) is 10.3. The van der Waals surface area contributed by atoms with Crippen LogP contribution in [0, 0.1) is 6.92 Å². The summed E-state index contributed by atoms with van der Waals surface area (Å²) in [5.41, 5.74) is 0.580. The van der Waals surface area contributed by atoms with Crippen molar-refractivity contribution < 1.29 is 13.9 Å². The van der Waals surface area contributed by atoms with Crippen molar-refractivity contribution in [3.05, 3.63) is 41.6 Å². The highest BCUT2D eigenvalue weighted by Crippen LogP contribution is 2.20. The van der Waals surface area contributed by atoms with Crippen LogP contribution < -0.4 is 4.74 Å². The van der Waals surface area contributed by atoms with E-state index in [4.69, 9.17) is 9.15 Å². The number of ether oxygens (including phenoxy) is 1. The lowest BCUT2D eigenvalue weighted by molar-refractivity contribution is 0.0983. The predicted octanol–water partition coefficient (Wildman–Crippen LogP) is 2.55. The normalized spacial score (nSPS) is 10.3. The van der Waals surface area contributed by atoms with Gasteiger partial charge < -0.3 is 9.15 Å². The van der Waals surface area contributed by atoms with Crippen molar-refractivity contribution in [3.63, 3.8) is 0 Å². The fourth-order valence-corrected chi connectivity index (χ4v) is 1.55. The number of aryl methyl sites for hydroxylation is 1. The van der Waals surface area contributed by atoms with Gasteiger partial charge in [0, 0.05) is 13.3 Å². The first-order valence-electron chi connectivity index (χ1n) is 5.74. The maximum atomic E-state index is 11.7. The van der Waals surface area contributed by atoms with Crippen LogP contribution in [0.25, 0.3) is 0 Å². The lowest BCUT2D eigenvalue weighted by Crippen LogP contribution is -2.03. The van der Waals surface area contributed by atoms with Crippen molar-refractivity contribution in [2.45, 2.75) is 26.9 Å². The summed E-state index contributed by atoms with van der Waals surface area (Å²) in [6.45, 7) is 3.69. The van der Waals surface area contributed by atoms with Crippen LogP contribution >= 0.6 is 0 Å². The molecule has 2 rings (SSSR count). The molecule has 2 aromatic rings. The number of hydrogen-bond acceptors (Lipinski definition) is 5. The average Bonchev–Trinajstić information content (AvgIpc) is 2.81. The summed E-state index contributed by atoms with van der Waals surface area (Å²) in [6, 6.07) is 7.14. The van der Waals surface area contributed by atoms with E-state index < -0.39 is 0 Å². The molecule has 0 spiro atoms. The fourth-order valence-electron chi connectivity index (χ4n) is 1.55. The van der Waals surface area contributed by atoms with Crippen LogP contribution in [-0.2, 0) is 6.61 Å². The molecule has 0 bridgehead atoms. The van der Waals surface area contributed by atoms with Crippen molar-refractivity contribution in [1.29, 1.82) is 0 Å². The van der Waals surface area contributed by atoms with Crippen LogP contribution in [0.5, 0.6) is 5.75 Å². The van der Waals surface area contributed by atoms with Crippen molar-refractivity contribution in [3.8, 4) is 5.75 Å². The van der Waals surface area contributed by atoms with Crippen LogP contribution in [0.1, 0.15) is 35.5 Å². The summed E-state index contributed by atoms with van der Waals surface area (Å²) < 4.78 is 10.7. The second-order valence-electron chi connectivity index (χ2n) is 3.78. The molecule has 18 heavy (non-hydrogen) atoms. The molecule has 0 fully saturated rings. The topological polar surface area (TPSA) is 65.2 Å². The largest absolute Gasteiger partial charge is 0.483 e. The zero-order chi connectivity index (χ0) is 13.0. The highest BCUT2D eigenvalue weighted by molar-refractivity contribution is 5.98. The first kappa shape index (κ1) is 12.3. The maximum absolute atomic E-state index is 11.7. The van der Waals surface area contributed by atoms with Gasteiger partial charge in [-0.3, -0.25) is 4.79 Å². The Morgan fingerprint density at radius 1 is 1.33 bits per heavy atom. The molecule has 0 amide bonds. The van der Waals surface area contributed by atoms with E-state index in [0.29, 0.717) is 29.5 Å². The predicted molar refractivity (Wildman–Crippen MR) is 64.4 cm³/mol. The molecule has 94 valence electrons. The van der Waals surface area contributed by atoms with Crippen molar-refractivity contribution in [2.24, 2.45) is 0 Å². The Labute approximate surface area is 105 Å². The van der Waals surface area contributed by atoms with Gasteiger partial charge >= 0.3 is 0 Å². The molecule has 0 unspecified atom stereocenters. The molecule has 0 aliphatic carbocycles. The van der Waals surface area contributed by atoms with Crippen LogP contribution in [0.15, 0.2) is 28.7 Å². The van der Waals surface area contributed by atoms with Gasteiger partial charge in [0.15, 0.2) is 12.4 Å². The molecule has 5 heteroatoms. The molecule has 0 aliphatic heterocycles. The summed E-state index contributed by atoms with van der Waals surface area (Å²) in [5.74, 6) is 1.48. The average molecular weight is 246 g/mol. The highest BCUT2D eigenvalue weighted by Gasteiger charge is 2.11. The number of Topliss-reactive ketones (excluding diaryl/α,β-unsaturated/α-hetero) is 1. The van der Waals surface area contributed by atoms with E-state index in [0.717, 1.165) is 0 Å². The summed E-state index contributed by atoms with van der Waals surface area (Å²) in [6.07, 6.45) is 0.444. The maximum Gasteiger partial charge on any atom is 0.253 e. The van der Waals surface area contributed by atoms with Crippen LogP contribution in [0.4, 0.5) is 0 Å². The van der Waals surface area contributed by atoms with Gasteiger partial charge in [0.05, 0.1) is 5.56 Å². The van der Waals surface area contributed by atoms with Crippen LogP contribution in [0.3, 0.4) is 0 Å². The molecule has 0 saturated carbocycles.